The minimum absolute atomic E-state index is 0.235. The first kappa shape index (κ1) is 12.4. The second-order valence-corrected chi connectivity index (χ2v) is 5.16. The van der Waals surface area contributed by atoms with Crippen molar-refractivity contribution in [3.05, 3.63) is 29.3 Å². The van der Waals surface area contributed by atoms with Crippen LogP contribution in [0.1, 0.15) is 31.0 Å². The van der Waals surface area contributed by atoms with E-state index in [1.165, 1.54) is 5.56 Å². The first-order valence-electron chi connectivity index (χ1n) is 6.43. The van der Waals surface area contributed by atoms with Gasteiger partial charge in [-0.05, 0) is 37.1 Å². The van der Waals surface area contributed by atoms with Crippen molar-refractivity contribution in [2.24, 2.45) is 5.92 Å². The van der Waals surface area contributed by atoms with Crippen molar-refractivity contribution in [3.8, 4) is 5.75 Å². The molecule has 94 valence electrons. The highest BCUT2D eigenvalue weighted by atomic mass is 16.3. The highest BCUT2D eigenvalue weighted by Gasteiger charge is 2.22. The minimum Gasteiger partial charge on any atom is -0.508 e. The number of hydrogen-bond acceptors (Lipinski definition) is 3. The van der Waals surface area contributed by atoms with Crippen molar-refractivity contribution >= 4 is 0 Å². The molecule has 0 saturated carbocycles. The third-order valence-corrected chi connectivity index (χ3v) is 3.21. The first-order chi connectivity index (χ1) is 8.18. The summed E-state index contributed by atoms with van der Waals surface area (Å²) in [4.78, 5) is 0. The van der Waals surface area contributed by atoms with Gasteiger partial charge in [-0.3, -0.25) is 0 Å². The van der Waals surface area contributed by atoms with Crippen molar-refractivity contribution in [1.82, 2.24) is 10.6 Å². The normalized spacial score (nSPS) is 19.4. The van der Waals surface area contributed by atoms with Gasteiger partial charge in [0.25, 0.3) is 0 Å². The zero-order valence-electron chi connectivity index (χ0n) is 10.7. The smallest absolute Gasteiger partial charge is 0.120 e. The van der Waals surface area contributed by atoms with Crippen molar-refractivity contribution in [2.75, 3.05) is 19.6 Å². The molecule has 0 spiro atoms. The molecule has 2 rings (SSSR count). The Kier molecular flexibility index (Phi) is 4.02. The molecule has 3 nitrogen and oxygen atoms in total. The molecule has 3 N–H and O–H groups in total. The molecule has 1 aromatic rings. The number of nitrogens with one attached hydrogen (secondary N) is 2. The Hall–Kier alpha value is -1.06. The summed E-state index contributed by atoms with van der Waals surface area (Å²) in [6.45, 7) is 7.29. The number of hydrogen-bond donors (Lipinski definition) is 3. The van der Waals surface area contributed by atoms with E-state index in [-0.39, 0.29) is 6.04 Å². The third kappa shape index (κ3) is 2.99. The molecule has 0 aliphatic carbocycles. The van der Waals surface area contributed by atoms with Gasteiger partial charge in [0.2, 0.25) is 0 Å². The summed E-state index contributed by atoms with van der Waals surface area (Å²) < 4.78 is 0. The number of fused-ring (bicyclic) bond motifs is 1. The second-order valence-electron chi connectivity index (χ2n) is 5.16. The van der Waals surface area contributed by atoms with E-state index in [0.717, 1.165) is 31.6 Å². The maximum Gasteiger partial charge on any atom is 0.120 e. The predicted octanol–water partition coefficient (Wildman–Crippen LogP) is 1.82. The van der Waals surface area contributed by atoms with E-state index >= 15 is 0 Å². The van der Waals surface area contributed by atoms with E-state index in [1.807, 2.05) is 6.07 Å². The molecule has 0 saturated heterocycles. The van der Waals surface area contributed by atoms with Gasteiger partial charge in [-0.15, -0.1) is 0 Å². The van der Waals surface area contributed by atoms with E-state index in [0.29, 0.717) is 11.7 Å². The fourth-order valence-electron chi connectivity index (χ4n) is 2.39. The summed E-state index contributed by atoms with van der Waals surface area (Å²) >= 11 is 0. The topological polar surface area (TPSA) is 44.3 Å². The van der Waals surface area contributed by atoms with Gasteiger partial charge in [0, 0.05) is 18.2 Å². The van der Waals surface area contributed by atoms with Gasteiger partial charge in [-0.25, -0.2) is 0 Å². The van der Waals surface area contributed by atoms with Crippen LogP contribution in [0.3, 0.4) is 0 Å². The molecule has 1 aromatic carbocycles. The van der Waals surface area contributed by atoms with Crippen LogP contribution in [0.4, 0.5) is 0 Å². The van der Waals surface area contributed by atoms with Crippen LogP contribution >= 0.6 is 0 Å². The average Bonchev–Trinajstić information content (AvgIpc) is 2.29. The zero-order chi connectivity index (χ0) is 12.3. The third-order valence-electron chi connectivity index (χ3n) is 3.21. The summed E-state index contributed by atoms with van der Waals surface area (Å²) in [6, 6.07) is 6.06. The molecular formula is C14H22N2O. The van der Waals surface area contributed by atoms with E-state index in [9.17, 15) is 5.11 Å². The summed E-state index contributed by atoms with van der Waals surface area (Å²) in [5.41, 5.74) is 2.36. The zero-order valence-corrected chi connectivity index (χ0v) is 10.7. The molecule has 3 heteroatoms. The van der Waals surface area contributed by atoms with Crippen LogP contribution in [0, 0.1) is 5.92 Å². The minimum atomic E-state index is 0.235. The first-order valence-corrected chi connectivity index (χ1v) is 6.43. The maximum absolute atomic E-state index is 9.97. The van der Waals surface area contributed by atoms with Gasteiger partial charge in [0.15, 0.2) is 0 Å². The summed E-state index contributed by atoms with van der Waals surface area (Å²) in [5.74, 6) is 1.08. The van der Waals surface area contributed by atoms with Crippen molar-refractivity contribution in [2.45, 2.75) is 26.3 Å². The number of phenols is 1. The molecular weight excluding hydrogens is 212 g/mol. The monoisotopic (exact) mass is 234 g/mol. The highest BCUT2D eigenvalue weighted by molar-refractivity contribution is 5.43. The van der Waals surface area contributed by atoms with Crippen LogP contribution in [-0.4, -0.2) is 24.7 Å². The molecule has 1 atom stereocenters. The van der Waals surface area contributed by atoms with Crippen LogP contribution in [-0.2, 0) is 6.42 Å². The lowest BCUT2D eigenvalue weighted by atomic mass is 9.93. The molecule has 1 unspecified atom stereocenters. The molecule has 1 heterocycles. The predicted molar refractivity (Wildman–Crippen MR) is 70.3 cm³/mol. The number of phenolic OH excluding ortho intramolecular Hbond substituents is 1. The summed E-state index contributed by atoms with van der Waals surface area (Å²) in [6.07, 6.45) is 1.00. The fraction of sp³-hybridized carbons (Fsp3) is 0.571. The van der Waals surface area contributed by atoms with E-state index in [2.05, 4.69) is 30.5 Å². The van der Waals surface area contributed by atoms with Crippen LogP contribution in [0.2, 0.25) is 0 Å². The molecule has 0 aromatic heterocycles. The van der Waals surface area contributed by atoms with Gasteiger partial charge >= 0.3 is 0 Å². The standard InChI is InChI=1S/C14H22N2O/c1-10(2)8-15-9-12-14-11(6-7-16-12)4-3-5-13(14)17/h3-5,10,12,15-17H,6-9H2,1-2H3. The van der Waals surface area contributed by atoms with Crippen molar-refractivity contribution in [3.63, 3.8) is 0 Å². The Labute approximate surface area is 103 Å². The molecule has 0 bridgehead atoms. The Morgan fingerprint density at radius 2 is 2.29 bits per heavy atom. The van der Waals surface area contributed by atoms with Crippen LogP contribution in [0.15, 0.2) is 18.2 Å². The average molecular weight is 234 g/mol. The number of rotatable bonds is 4. The van der Waals surface area contributed by atoms with E-state index in [4.69, 9.17) is 0 Å². The highest BCUT2D eigenvalue weighted by Crippen LogP contribution is 2.30. The Morgan fingerprint density at radius 3 is 3.06 bits per heavy atom. The molecule has 0 amide bonds. The van der Waals surface area contributed by atoms with Gasteiger partial charge in [0.1, 0.15) is 5.75 Å². The summed E-state index contributed by atoms with van der Waals surface area (Å²) in [7, 11) is 0. The Bertz CT molecular complexity index is 376. The quantitative estimate of drug-likeness (QED) is 0.744. The van der Waals surface area contributed by atoms with Gasteiger partial charge < -0.3 is 15.7 Å². The Balaban J connectivity index is 2.06. The maximum atomic E-state index is 9.97. The summed E-state index contributed by atoms with van der Waals surface area (Å²) in [5, 5.41) is 16.9. The SMILES string of the molecule is CC(C)CNCC1NCCc2cccc(O)c21. The molecule has 0 fully saturated rings. The Morgan fingerprint density at radius 1 is 1.47 bits per heavy atom. The molecule has 1 aliphatic heterocycles. The van der Waals surface area contributed by atoms with Crippen LogP contribution in [0.25, 0.3) is 0 Å². The lowest BCUT2D eigenvalue weighted by molar-refractivity contribution is 0.413. The number of aromatic hydroxyl groups is 1. The molecule has 0 radical (unpaired) electrons. The van der Waals surface area contributed by atoms with Gasteiger partial charge in [-0.2, -0.15) is 0 Å². The van der Waals surface area contributed by atoms with Crippen molar-refractivity contribution < 1.29 is 5.11 Å². The molecule has 1 aliphatic rings. The largest absolute Gasteiger partial charge is 0.508 e. The van der Waals surface area contributed by atoms with Gasteiger partial charge in [-0.1, -0.05) is 26.0 Å². The lowest BCUT2D eigenvalue weighted by Gasteiger charge is -2.28. The van der Waals surface area contributed by atoms with E-state index in [1.54, 1.807) is 6.07 Å². The van der Waals surface area contributed by atoms with Crippen LogP contribution < -0.4 is 10.6 Å². The van der Waals surface area contributed by atoms with Crippen LogP contribution in [0.5, 0.6) is 5.75 Å². The number of benzene rings is 1. The lowest BCUT2D eigenvalue weighted by Crippen LogP contribution is -2.37. The van der Waals surface area contributed by atoms with E-state index < -0.39 is 0 Å². The second kappa shape index (κ2) is 5.52. The fourth-order valence-corrected chi connectivity index (χ4v) is 2.39. The van der Waals surface area contributed by atoms with Crippen molar-refractivity contribution in [1.29, 1.82) is 0 Å². The van der Waals surface area contributed by atoms with Gasteiger partial charge in [0.05, 0.1) is 0 Å². The molecule has 17 heavy (non-hydrogen) atoms.